The molecule has 0 aliphatic carbocycles. The molecule has 1 aromatic rings. The van der Waals surface area contributed by atoms with Gasteiger partial charge in [0.25, 0.3) is 5.91 Å². The second kappa shape index (κ2) is 10.2. The molecule has 144 valence electrons. The summed E-state index contributed by atoms with van der Waals surface area (Å²) in [6.07, 6.45) is 1.91. The Balaban J connectivity index is 1.98. The van der Waals surface area contributed by atoms with Crippen molar-refractivity contribution < 1.29 is 29.2 Å². The van der Waals surface area contributed by atoms with Crippen LogP contribution < -0.4 is 5.32 Å². The first-order chi connectivity index (χ1) is 12.5. The van der Waals surface area contributed by atoms with Crippen molar-refractivity contribution in [3.05, 3.63) is 36.1 Å². The van der Waals surface area contributed by atoms with Crippen molar-refractivity contribution in [3.8, 4) is 5.75 Å². The highest BCUT2D eigenvalue weighted by molar-refractivity contribution is 6.03. The fourth-order valence-electron chi connectivity index (χ4n) is 2.58. The van der Waals surface area contributed by atoms with Crippen LogP contribution in [0.3, 0.4) is 0 Å². The maximum atomic E-state index is 12.5. The number of para-hydroxylation sites is 2. The summed E-state index contributed by atoms with van der Waals surface area (Å²) in [5, 5.41) is 21.1. The Labute approximate surface area is 153 Å². The standard InChI is InChI=1S/C19H27NO6/c1-13(2)14-11-17(19(23)20-15-5-3-4-6-16(15)22)26-18(12-14)25-10-9-24-8-7-21/h3-6,11,13-14,18,21-22H,7-10,12H2,1-2H3,(H,20,23)/t14-,18+/m1/s1. The van der Waals surface area contributed by atoms with Crippen LogP contribution in [0.5, 0.6) is 5.75 Å². The van der Waals surface area contributed by atoms with Gasteiger partial charge < -0.3 is 29.7 Å². The summed E-state index contributed by atoms with van der Waals surface area (Å²) < 4.78 is 16.5. The van der Waals surface area contributed by atoms with Gasteiger partial charge in [-0.25, -0.2) is 0 Å². The predicted octanol–water partition coefficient (Wildman–Crippen LogP) is 2.26. The summed E-state index contributed by atoms with van der Waals surface area (Å²) in [4.78, 5) is 12.5. The predicted molar refractivity (Wildman–Crippen MR) is 96.5 cm³/mol. The third kappa shape index (κ3) is 6.01. The lowest BCUT2D eigenvalue weighted by Crippen LogP contribution is -2.32. The fourth-order valence-corrected chi connectivity index (χ4v) is 2.58. The average molecular weight is 365 g/mol. The zero-order valence-corrected chi connectivity index (χ0v) is 15.2. The second-order valence-electron chi connectivity index (χ2n) is 6.40. The highest BCUT2D eigenvalue weighted by Gasteiger charge is 2.29. The Bertz CT molecular complexity index is 616. The lowest BCUT2D eigenvalue weighted by atomic mass is 9.90. The van der Waals surface area contributed by atoms with Crippen LogP contribution in [0.2, 0.25) is 0 Å². The van der Waals surface area contributed by atoms with E-state index >= 15 is 0 Å². The number of amides is 1. The van der Waals surface area contributed by atoms with Crippen molar-refractivity contribution in [2.45, 2.75) is 26.6 Å². The van der Waals surface area contributed by atoms with Crippen LogP contribution in [-0.4, -0.2) is 48.8 Å². The fraction of sp³-hybridized carbons (Fsp3) is 0.526. The van der Waals surface area contributed by atoms with Gasteiger partial charge in [0.2, 0.25) is 6.29 Å². The van der Waals surface area contributed by atoms with Crippen LogP contribution in [0, 0.1) is 11.8 Å². The van der Waals surface area contributed by atoms with Crippen molar-refractivity contribution in [1.29, 1.82) is 0 Å². The van der Waals surface area contributed by atoms with Crippen LogP contribution in [-0.2, 0) is 19.0 Å². The molecule has 3 N–H and O–H groups in total. The number of benzene rings is 1. The molecule has 1 amide bonds. The van der Waals surface area contributed by atoms with Gasteiger partial charge in [0.15, 0.2) is 5.76 Å². The van der Waals surface area contributed by atoms with E-state index in [1.54, 1.807) is 18.2 Å². The minimum Gasteiger partial charge on any atom is -0.506 e. The molecule has 1 aliphatic rings. The number of aromatic hydroxyl groups is 1. The summed E-state index contributed by atoms with van der Waals surface area (Å²) in [5.41, 5.74) is 0.323. The van der Waals surface area contributed by atoms with Gasteiger partial charge in [-0.2, -0.15) is 0 Å². The number of aliphatic hydroxyl groups is 1. The number of hydrogen-bond donors (Lipinski definition) is 3. The SMILES string of the molecule is CC(C)[C@@H]1C=C(C(=O)Nc2ccccc2O)O[C@H](OCCOCCO)C1. The lowest BCUT2D eigenvalue weighted by molar-refractivity contribution is -0.153. The first kappa shape index (κ1) is 20.2. The van der Waals surface area contributed by atoms with Crippen molar-refractivity contribution in [2.24, 2.45) is 11.8 Å². The Hall–Kier alpha value is -2.09. The molecule has 0 saturated heterocycles. The summed E-state index contributed by atoms with van der Waals surface area (Å²) >= 11 is 0. The maximum Gasteiger partial charge on any atom is 0.290 e. The molecule has 26 heavy (non-hydrogen) atoms. The van der Waals surface area contributed by atoms with E-state index in [2.05, 4.69) is 19.2 Å². The number of aliphatic hydroxyl groups excluding tert-OH is 1. The van der Waals surface area contributed by atoms with Crippen molar-refractivity contribution in [2.75, 3.05) is 31.7 Å². The Kier molecular flexibility index (Phi) is 7.90. The molecule has 0 spiro atoms. The molecule has 0 unspecified atom stereocenters. The van der Waals surface area contributed by atoms with E-state index in [-0.39, 0.29) is 30.6 Å². The molecule has 0 radical (unpaired) electrons. The van der Waals surface area contributed by atoms with E-state index in [4.69, 9.17) is 19.3 Å². The molecule has 7 nitrogen and oxygen atoms in total. The quantitative estimate of drug-likeness (QED) is 0.459. The van der Waals surface area contributed by atoms with Gasteiger partial charge in [0.05, 0.1) is 32.1 Å². The summed E-state index contributed by atoms with van der Waals surface area (Å²) in [6, 6.07) is 6.52. The zero-order chi connectivity index (χ0) is 18.9. The van der Waals surface area contributed by atoms with Crippen LogP contribution in [0.4, 0.5) is 5.69 Å². The molecule has 1 aromatic carbocycles. The van der Waals surface area contributed by atoms with Crippen molar-refractivity contribution >= 4 is 11.6 Å². The normalized spacial score (nSPS) is 19.8. The van der Waals surface area contributed by atoms with Crippen molar-refractivity contribution in [3.63, 3.8) is 0 Å². The molecule has 0 aromatic heterocycles. The minimum atomic E-state index is -0.546. The molecular formula is C19H27NO6. The van der Waals surface area contributed by atoms with Crippen molar-refractivity contribution in [1.82, 2.24) is 0 Å². The maximum absolute atomic E-state index is 12.5. The first-order valence-electron chi connectivity index (χ1n) is 8.79. The van der Waals surface area contributed by atoms with E-state index in [0.29, 0.717) is 31.2 Å². The molecule has 7 heteroatoms. The molecule has 0 fully saturated rings. The minimum absolute atomic E-state index is 0.00787. The monoisotopic (exact) mass is 365 g/mol. The number of phenols is 1. The van der Waals surface area contributed by atoms with Gasteiger partial charge in [-0.05, 0) is 30.0 Å². The van der Waals surface area contributed by atoms with E-state index in [9.17, 15) is 9.90 Å². The summed E-state index contributed by atoms with van der Waals surface area (Å²) in [6.45, 7) is 5.03. The molecule has 0 bridgehead atoms. The van der Waals surface area contributed by atoms with E-state index < -0.39 is 12.2 Å². The molecule has 2 rings (SSSR count). The largest absolute Gasteiger partial charge is 0.506 e. The third-order valence-electron chi connectivity index (χ3n) is 4.09. The number of ether oxygens (including phenoxy) is 3. The number of rotatable bonds is 9. The van der Waals surface area contributed by atoms with Crippen LogP contribution in [0.15, 0.2) is 36.1 Å². The van der Waals surface area contributed by atoms with Gasteiger partial charge in [-0.3, -0.25) is 4.79 Å². The Morgan fingerprint density at radius 1 is 1.31 bits per heavy atom. The van der Waals surface area contributed by atoms with Crippen LogP contribution in [0.1, 0.15) is 20.3 Å². The smallest absolute Gasteiger partial charge is 0.290 e. The topological polar surface area (TPSA) is 97.3 Å². The van der Waals surface area contributed by atoms with Crippen LogP contribution in [0.25, 0.3) is 0 Å². The number of hydrogen-bond acceptors (Lipinski definition) is 6. The highest BCUT2D eigenvalue weighted by atomic mass is 16.7. The number of phenolic OH excluding ortho intramolecular Hbond substituents is 1. The first-order valence-corrected chi connectivity index (χ1v) is 8.79. The number of anilines is 1. The molecule has 1 heterocycles. The zero-order valence-electron chi connectivity index (χ0n) is 15.2. The van der Waals surface area contributed by atoms with Gasteiger partial charge in [0, 0.05) is 6.42 Å². The highest BCUT2D eigenvalue weighted by Crippen LogP contribution is 2.30. The Morgan fingerprint density at radius 2 is 2.08 bits per heavy atom. The van der Waals surface area contributed by atoms with E-state index in [0.717, 1.165) is 0 Å². The third-order valence-corrected chi connectivity index (χ3v) is 4.09. The number of carbonyl (C=O) groups is 1. The Morgan fingerprint density at radius 3 is 2.77 bits per heavy atom. The second-order valence-corrected chi connectivity index (χ2v) is 6.40. The molecule has 1 aliphatic heterocycles. The molecular weight excluding hydrogens is 338 g/mol. The molecule has 2 atom stereocenters. The van der Waals surface area contributed by atoms with E-state index in [1.807, 2.05) is 6.08 Å². The number of allylic oxidation sites excluding steroid dienone is 1. The van der Waals surface area contributed by atoms with E-state index in [1.165, 1.54) is 6.07 Å². The van der Waals surface area contributed by atoms with Gasteiger partial charge >= 0.3 is 0 Å². The molecule has 0 saturated carbocycles. The van der Waals surface area contributed by atoms with Gasteiger partial charge in [-0.1, -0.05) is 26.0 Å². The lowest BCUT2D eigenvalue weighted by Gasteiger charge is -2.30. The van der Waals surface area contributed by atoms with Crippen LogP contribution >= 0.6 is 0 Å². The van der Waals surface area contributed by atoms with Gasteiger partial charge in [-0.15, -0.1) is 0 Å². The van der Waals surface area contributed by atoms with Gasteiger partial charge in [0.1, 0.15) is 5.75 Å². The number of nitrogens with one attached hydrogen (secondary N) is 1. The average Bonchev–Trinajstić information content (AvgIpc) is 2.63. The summed E-state index contributed by atoms with van der Waals surface area (Å²) in [5.74, 6) is 0.203. The number of carbonyl (C=O) groups excluding carboxylic acids is 1. The summed E-state index contributed by atoms with van der Waals surface area (Å²) in [7, 11) is 0.